The van der Waals surface area contributed by atoms with Crippen molar-refractivity contribution in [3.63, 3.8) is 0 Å². The normalized spacial score (nSPS) is 16.6. The number of methoxy groups -OCH3 is 1. The molecular formula is C26H30ClN6O6S-. The lowest BCUT2D eigenvalue weighted by Gasteiger charge is -2.32. The van der Waals surface area contributed by atoms with Crippen LogP contribution in [-0.4, -0.2) is 81.9 Å². The van der Waals surface area contributed by atoms with Gasteiger partial charge in [0.15, 0.2) is 0 Å². The van der Waals surface area contributed by atoms with Crippen LogP contribution in [0.15, 0.2) is 36.7 Å². The van der Waals surface area contributed by atoms with Gasteiger partial charge in [0, 0.05) is 49.9 Å². The van der Waals surface area contributed by atoms with Gasteiger partial charge in [-0.3, -0.25) is 13.3 Å². The minimum atomic E-state index is -2.82. The summed E-state index contributed by atoms with van der Waals surface area (Å²) in [6.45, 7) is 1.91. The number of halogens is 1. The van der Waals surface area contributed by atoms with Crippen LogP contribution in [0.5, 0.6) is 5.75 Å². The number of carbonyl (C=O) groups is 2. The van der Waals surface area contributed by atoms with Gasteiger partial charge in [0.2, 0.25) is 5.91 Å². The smallest absolute Gasteiger partial charge is 0.329 e. The minimum Gasteiger partial charge on any atom is -0.755 e. The molecule has 0 aliphatic carbocycles. The summed E-state index contributed by atoms with van der Waals surface area (Å²) in [7, 11) is 5.00. The number of aromatic nitrogens is 2. The Morgan fingerprint density at radius 2 is 2.08 bits per heavy atom. The largest absolute Gasteiger partial charge is 0.755 e. The number of amides is 1. The van der Waals surface area contributed by atoms with Crippen molar-refractivity contribution < 1.29 is 27.8 Å². The van der Waals surface area contributed by atoms with E-state index in [-0.39, 0.29) is 36.7 Å². The van der Waals surface area contributed by atoms with Crippen LogP contribution >= 0.6 is 11.6 Å². The summed E-state index contributed by atoms with van der Waals surface area (Å²) >= 11 is 3.51. The van der Waals surface area contributed by atoms with E-state index in [2.05, 4.69) is 9.97 Å². The highest BCUT2D eigenvalue weighted by Gasteiger charge is 2.43. The Hall–Kier alpha value is -3.68. The van der Waals surface area contributed by atoms with E-state index in [0.717, 1.165) is 9.69 Å². The number of pyridine rings is 2. The maximum Gasteiger partial charge on any atom is 0.329 e. The fourth-order valence-electron chi connectivity index (χ4n) is 4.84. The third-order valence-corrected chi connectivity index (χ3v) is 7.75. The Morgan fingerprint density at radius 3 is 2.70 bits per heavy atom. The number of anilines is 3. The first-order chi connectivity index (χ1) is 19.1. The molecule has 3 heterocycles. The number of hydrogen-bond acceptors (Lipinski definition) is 10. The zero-order valence-electron chi connectivity index (χ0n) is 22.5. The Bertz CT molecular complexity index is 1460. The third-order valence-electron chi connectivity index (χ3n) is 6.69. The second-order valence-electron chi connectivity index (χ2n) is 9.33. The molecule has 1 amide bonds. The number of nitrogens with two attached hydrogens (primary N) is 1. The van der Waals surface area contributed by atoms with Crippen molar-refractivity contribution >= 4 is 62.8 Å². The van der Waals surface area contributed by atoms with Crippen molar-refractivity contribution in [3.8, 4) is 5.75 Å². The number of hydrogen-bond donors (Lipinski definition) is 1. The summed E-state index contributed by atoms with van der Waals surface area (Å²) in [5.74, 6) is 0.103. The molecule has 0 spiro atoms. The van der Waals surface area contributed by atoms with Crippen LogP contribution in [0.4, 0.5) is 17.3 Å². The molecule has 3 aromatic rings. The highest BCUT2D eigenvalue weighted by Crippen LogP contribution is 2.34. The molecule has 0 radical (unpaired) electrons. The van der Waals surface area contributed by atoms with Crippen LogP contribution in [0.2, 0.25) is 5.02 Å². The van der Waals surface area contributed by atoms with Crippen LogP contribution in [0.1, 0.15) is 18.9 Å². The molecule has 3 atom stereocenters. The number of nitrogen functional groups attached to an aromatic ring is 1. The first-order valence-corrected chi connectivity index (χ1v) is 13.9. The lowest BCUT2D eigenvalue weighted by molar-refractivity contribution is -0.153. The molecule has 1 unspecified atom stereocenters. The first-order valence-electron chi connectivity index (χ1n) is 12.5. The molecule has 40 heavy (non-hydrogen) atoms. The zero-order chi connectivity index (χ0) is 29.1. The molecule has 214 valence electrons. The number of rotatable bonds is 10. The van der Waals surface area contributed by atoms with Gasteiger partial charge in [0.05, 0.1) is 30.6 Å². The highest BCUT2D eigenvalue weighted by atomic mass is 35.5. The van der Waals surface area contributed by atoms with Gasteiger partial charge in [0.1, 0.15) is 29.5 Å². The lowest BCUT2D eigenvalue weighted by Crippen LogP contribution is -2.49. The molecule has 1 aliphatic rings. The van der Waals surface area contributed by atoms with Gasteiger partial charge in [-0.15, -0.1) is 0 Å². The molecule has 1 saturated heterocycles. The van der Waals surface area contributed by atoms with Gasteiger partial charge in [-0.1, -0.05) is 11.6 Å². The standard InChI is InChI=1S/C26H31ClN6O6S/c1-5-39-26(35)21(11-16-10-15-6-8-29-23(28)18(15)13-22(16)38-4)32-9-7-20(25(32)34)33(40(36)37)17-12-19(27)24(30-14-17)31(2)3/h6,8,10,12-14,20-21H,5,7,9,11H2,1-4H3,(H2,28,29)(H,36,37)/p-1/t20-,21+/m0/s1. The molecule has 0 saturated carbocycles. The van der Waals surface area contributed by atoms with Gasteiger partial charge in [-0.25, -0.2) is 14.8 Å². The van der Waals surface area contributed by atoms with Crippen LogP contribution in [-0.2, 0) is 32.0 Å². The van der Waals surface area contributed by atoms with Crippen LogP contribution < -0.4 is 19.7 Å². The van der Waals surface area contributed by atoms with Crippen LogP contribution in [0.25, 0.3) is 10.8 Å². The van der Waals surface area contributed by atoms with Gasteiger partial charge in [-0.05, 0) is 48.6 Å². The van der Waals surface area contributed by atoms with Crippen LogP contribution in [0.3, 0.4) is 0 Å². The highest BCUT2D eigenvalue weighted by molar-refractivity contribution is 7.80. The summed E-state index contributed by atoms with van der Waals surface area (Å²) in [6.07, 6.45) is 3.14. The molecule has 4 rings (SSSR count). The topological polar surface area (TPSA) is 154 Å². The molecule has 2 N–H and O–H groups in total. The summed E-state index contributed by atoms with van der Waals surface area (Å²) in [6, 6.07) is 4.67. The fraction of sp³-hybridized carbons (Fsp3) is 0.385. The predicted molar refractivity (Wildman–Crippen MR) is 152 cm³/mol. The number of ether oxygens (including phenoxy) is 2. The molecular weight excluding hydrogens is 560 g/mol. The van der Waals surface area contributed by atoms with Gasteiger partial charge >= 0.3 is 5.97 Å². The summed E-state index contributed by atoms with van der Waals surface area (Å²) < 4.78 is 36.5. The Kier molecular flexibility index (Phi) is 8.96. The minimum absolute atomic E-state index is 0.0734. The van der Waals surface area contributed by atoms with Crippen molar-refractivity contribution in [3.05, 3.63) is 47.2 Å². The molecule has 14 heteroatoms. The maximum absolute atomic E-state index is 13.7. The van der Waals surface area contributed by atoms with E-state index in [9.17, 15) is 18.4 Å². The monoisotopic (exact) mass is 589 g/mol. The molecule has 0 bridgehead atoms. The summed E-state index contributed by atoms with van der Waals surface area (Å²) in [5, 5.41) is 1.70. The van der Waals surface area contributed by atoms with E-state index in [0.29, 0.717) is 28.3 Å². The summed E-state index contributed by atoms with van der Waals surface area (Å²) in [4.78, 5) is 38.3. The number of likely N-dealkylation sites (tertiary alicyclic amines) is 1. The predicted octanol–water partition coefficient (Wildman–Crippen LogP) is 2.32. The Labute approximate surface area is 239 Å². The van der Waals surface area contributed by atoms with Gasteiger partial charge < -0.3 is 29.6 Å². The quantitative estimate of drug-likeness (QED) is 0.275. The number of carbonyl (C=O) groups excluding carboxylic acids is 2. The van der Waals surface area contributed by atoms with Crippen molar-refractivity contribution in [1.82, 2.24) is 14.9 Å². The van der Waals surface area contributed by atoms with Crippen molar-refractivity contribution in [2.24, 2.45) is 0 Å². The zero-order valence-corrected chi connectivity index (χ0v) is 24.1. The third kappa shape index (κ3) is 5.76. The van der Waals surface area contributed by atoms with E-state index in [4.69, 9.17) is 26.8 Å². The number of esters is 1. The average molecular weight is 590 g/mol. The molecule has 1 aliphatic heterocycles. The Balaban J connectivity index is 1.68. The van der Waals surface area contributed by atoms with E-state index in [1.165, 1.54) is 24.3 Å². The summed E-state index contributed by atoms with van der Waals surface area (Å²) in [5.41, 5.74) is 6.81. The SMILES string of the molecule is CCOC(=O)[C@@H](Cc1cc2ccnc(N)c2cc1OC)N1CC[C@H](N(c2cnc(N(C)C)c(Cl)c2)S(=O)[O-])C1=O. The van der Waals surface area contributed by atoms with Crippen molar-refractivity contribution in [1.29, 1.82) is 0 Å². The van der Waals surface area contributed by atoms with Gasteiger partial charge in [0.25, 0.3) is 0 Å². The average Bonchev–Trinajstić information content (AvgIpc) is 3.27. The van der Waals surface area contributed by atoms with Crippen molar-refractivity contribution in [2.75, 3.05) is 49.3 Å². The van der Waals surface area contributed by atoms with E-state index in [1.54, 1.807) is 44.2 Å². The number of benzene rings is 1. The number of fused-ring (bicyclic) bond motifs is 1. The fourth-order valence-corrected chi connectivity index (χ4v) is 5.85. The maximum atomic E-state index is 13.7. The number of nitrogens with zero attached hydrogens (tertiary/aromatic N) is 5. The van der Waals surface area contributed by atoms with E-state index in [1.807, 2.05) is 6.07 Å². The van der Waals surface area contributed by atoms with E-state index < -0.39 is 35.2 Å². The second kappa shape index (κ2) is 12.2. The lowest BCUT2D eigenvalue weighted by atomic mass is 10.00. The first kappa shape index (κ1) is 29.3. The van der Waals surface area contributed by atoms with Crippen LogP contribution in [0, 0.1) is 0 Å². The Morgan fingerprint density at radius 1 is 1.32 bits per heavy atom. The van der Waals surface area contributed by atoms with Crippen molar-refractivity contribution in [2.45, 2.75) is 31.8 Å². The molecule has 12 nitrogen and oxygen atoms in total. The molecule has 2 aromatic heterocycles. The second-order valence-corrected chi connectivity index (χ2v) is 10.6. The van der Waals surface area contributed by atoms with Gasteiger partial charge in [-0.2, -0.15) is 0 Å². The molecule has 1 aromatic carbocycles. The van der Waals surface area contributed by atoms with E-state index >= 15 is 0 Å². The molecule has 1 fully saturated rings.